The lowest BCUT2D eigenvalue weighted by atomic mass is 9.88. The normalized spacial score (nSPS) is 22.9. The third kappa shape index (κ3) is 2.43. The number of aliphatic hydroxyl groups excluding tert-OH is 1. The lowest BCUT2D eigenvalue weighted by Gasteiger charge is -2.37. The minimum Gasteiger partial charge on any atom is -0.391 e. The molecule has 0 saturated heterocycles. The Bertz CT molecular complexity index is 851. The zero-order valence-electron chi connectivity index (χ0n) is 15.0. The molecule has 0 radical (unpaired) electrons. The van der Waals surface area contributed by atoms with Crippen molar-refractivity contribution in [1.82, 2.24) is 4.57 Å². The van der Waals surface area contributed by atoms with Crippen LogP contribution in [0.2, 0.25) is 0 Å². The van der Waals surface area contributed by atoms with Crippen molar-refractivity contribution in [1.29, 1.82) is 5.26 Å². The molecule has 2 rings (SSSR count). The first-order valence-electron chi connectivity index (χ1n) is 7.94. The molecule has 1 aliphatic rings. The first-order valence-corrected chi connectivity index (χ1v) is 7.94. The van der Waals surface area contributed by atoms with Gasteiger partial charge in [-0.1, -0.05) is 6.58 Å². The molecule has 0 aromatic carbocycles. The van der Waals surface area contributed by atoms with E-state index in [0.717, 1.165) is 0 Å². The SMILES string of the molecule is C=C1c2c(cc(C#N)c(=O)n2C(C)[C@H](C)[N+](=O)[O-])N(C)C1(C)[C@H](C)O. The molecule has 2 unspecified atom stereocenters. The third-order valence-corrected chi connectivity index (χ3v) is 5.54. The van der Waals surface area contributed by atoms with Crippen LogP contribution in [0.5, 0.6) is 0 Å². The largest absolute Gasteiger partial charge is 0.391 e. The Morgan fingerprint density at radius 3 is 2.44 bits per heavy atom. The average molecular weight is 346 g/mol. The standard InChI is InChI=1S/C17H22N4O4/c1-9-15-14(19(6)17(9,5)12(4)22)7-13(8-18)16(23)20(15)10(2)11(3)21(24)25/h7,10-12,22H,1H2,2-6H3/t10?,11-,12-,17?/m0/s1. The second-order valence-electron chi connectivity index (χ2n) is 6.71. The fourth-order valence-electron chi connectivity index (χ4n) is 3.26. The van der Waals surface area contributed by atoms with Gasteiger partial charge in [-0.2, -0.15) is 5.26 Å². The van der Waals surface area contributed by atoms with E-state index in [1.54, 1.807) is 32.7 Å². The Morgan fingerprint density at radius 2 is 2.00 bits per heavy atom. The van der Waals surface area contributed by atoms with Crippen molar-refractivity contribution < 1.29 is 10.0 Å². The molecule has 1 aliphatic heterocycles. The summed E-state index contributed by atoms with van der Waals surface area (Å²) in [5, 5.41) is 30.8. The highest BCUT2D eigenvalue weighted by Crippen LogP contribution is 2.47. The molecule has 1 N–H and O–H groups in total. The number of nitro groups is 1. The molecule has 0 aliphatic carbocycles. The van der Waals surface area contributed by atoms with Gasteiger partial charge in [-0.3, -0.25) is 19.5 Å². The molecule has 8 nitrogen and oxygen atoms in total. The number of aromatic nitrogens is 1. The van der Waals surface area contributed by atoms with Crippen LogP contribution in [0.4, 0.5) is 5.69 Å². The molecule has 8 heteroatoms. The summed E-state index contributed by atoms with van der Waals surface area (Å²) >= 11 is 0. The predicted molar refractivity (Wildman–Crippen MR) is 94.1 cm³/mol. The maximum absolute atomic E-state index is 12.8. The Balaban J connectivity index is 2.86. The van der Waals surface area contributed by atoms with Gasteiger partial charge >= 0.3 is 0 Å². The lowest BCUT2D eigenvalue weighted by Crippen LogP contribution is -2.49. The van der Waals surface area contributed by atoms with E-state index >= 15 is 0 Å². The first-order chi connectivity index (χ1) is 11.5. The van der Waals surface area contributed by atoms with Crippen LogP contribution in [0.1, 0.15) is 45.0 Å². The molecule has 0 amide bonds. The minimum atomic E-state index is -1.03. The fraction of sp³-hybridized carbons (Fsp3) is 0.529. The van der Waals surface area contributed by atoms with Gasteiger partial charge in [-0.05, 0) is 32.4 Å². The van der Waals surface area contributed by atoms with Crippen molar-refractivity contribution in [2.45, 2.75) is 51.4 Å². The second-order valence-corrected chi connectivity index (χ2v) is 6.71. The molecule has 0 fully saturated rings. The molecular weight excluding hydrogens is 324 g/mol. The van der Waals surface area contributed by atoms with Gasteiger partial charge in [0.2, 0.25) is 6.04 Å². The van der Waals surface area contributed by atoms with Gasteiger partial charge in [0.25, 0.3) is 5.56 Å². The van der Waals surface area contributed by atoms with E-state index in [-0.39, 0.29) is 5.56 Å². The molecule has 25 heavy (non-hydrogen) atoms. The summed E-state index contributed by atoms with van der Waals surface area (Å²) < 4.78 is 1.27. The Kier molecular flexibility index (Phi) is 4.49. The van der Waals surface area contributed by atoms with E-state index in [9.17, 15) is 25.3 Å². The highest BCUT2D eigenvalue weighted by atomic mass is 16.6. The van der Waals surface area contributed by atoms with E-state index < -0.39 is 34.2 Å². The van der Waals surface area contributed by atoms with Gasteiger partial charge in [0.05, 0.1) is 23.0 Å². The topological polar surface area (TPSA) is 112 Å². The van der Waals surface area contributed by atoms with Gasteiger partial charge in [-0.25, -0.2) is 0 Å². The Labute approximate surface area is 145 Å². The van der Waals surface area contributed by atoms with Crippen molar-refractivity contribution in [3.63, 3.8) is 0 Å². The number of rotatable bonds is 4. The molecule has 1 aromatic heterocycles. The zero-order valence-corrected chi connectivity index (χ0v) is 15.0. The summed E-state index contributed by atoms with van der Waals surface area (Å²) in [4.78, 5) is 25.3. The molecule has 2 heterocycles. The number of pyridine rings is 1. The van der Waals surface area contributed by atoms with Gasteiger partial charge in [0.1, 0.15) is 17.7 Å². The molecule has 0 saturated carbocycles. The van der Waals surface area contributed by atoms with Crippen LogP contribution in [0.15, 0.2) is 17.4 Å². The summed E-state index contributed by atoms with van der Waals surface area (Å²) in [5.74, 6) is 0. The second kappa shape index (κ2) is 6.01. The summed E-state index contributed by atoms with van der Waals surface area (Å²) in [6.45, 7) is 10.4. The van der Waals surface area contributed by atoms with Crippen molar-refractivity contribution >= 4 is 11.3 Å². The Morgan fingerprint density at radius 1 is 1.44 bits per heavy atom. The fourth-order valence-corrected chi connectivity index (χ4v) is 3.26. The first kappa shape index (κ1) is 18.7. The number of anilines is 1. The van der Waals surface area contributed by atoms with Crippen LogP contribution >= 0.6 is 0 Å². The summed E-state index contributed by atoms with van der Waals surface area (Å²) in [5.41, 5.74) is -0.114. The quantitative estimate of drug-likeness (QED) is 0.654. The van der Waals surface area contributed by atoms with Gasteiger partial charge < -0.3 is 10.0 Å². The van der Waals surface area contributed by atoms with E-state index in [4.69, 9.17) is 0 Å². The number of hydrogen-bond donors (Lipinski definition) is 1. The van der Waals surface area contributed by atoms with Crippen molar-refractivity contribution in [2.24, 2.45) is 0 Å². The van der Waals surface area contributed by atoms with Crippen LogP contribution in [0.3, 0.4) is 0 Å². The number of nitrogens with zero attached hydrogens (tertiary/aromatic N) is 4. The van der Waals surface area contributed by atoms with Crippen LogP contribution in [0, 0.1) is 21.4 Å². The van der Waals surface area contributed by atoms with Crippen molar-refractivity contribution in [3.05, 3.63) is 44.4 Å². The smallest absolute Gasteiger partial charge is 0.269 e. The van der Waals surface area contributed by atoms with Crippen LogP contribution in [-0.4, -0.2) is 39.3 Å². The molecule has 4 atom stereocenters. The summed E-state index contributed by atoms with van der Waals surface area (Å²) in [6.07, 6.45) is -0.810. The number of nitriles is 1. The maximum Gasteiger partial charge on any atom is 0.269 e. The van der Waals surface area contributed by atoms with Gasteiger partial charge in [0.15, 0.2) is 0 Å². The molecule has 1 aromatic rings. The van der Waals surface area contributed by atoms with Crippen LogP contribution in [0.25, 0.3) is 5.57 Å². The van der Waals surface area contributed by atoms with E-state index in [1.807, 2.05) is 6.07 Å². The van der Waals surface area contributed by atoms with Crippen molar-refractivity contribution in [3.8, 4) is 6.07 Å². The van der Waals surface area contributed by atoms with Crippen LogP contribution < -0.4 is 10.5 Å². The van der Waals surface area contributed by atoms with E-state index in [1.165, 1.54) is 17.6 Å². The summed E-state index contributed by atoms with van der Waals surface area (Å²) in [6, 6.07) is 1.49. The Hall–Kier alpha value is -2.66. The number of fused-ring (bicyclic) bond motifs is 1. The van der Waals surface area contributed by atoms with Gasteiger partial charge in [-0.15, -0.1) is 0 Å². The van der Waals surface area contributed by atoms with E-state index in [2.05, 4.69) is 6.58 Å². The number of likely N-dealkylation sites (N-methyl/N-ethyl adjacent to an activating group) is 1. The predicted octanol–water partition coefficient (Wildman–Crippen LogP) is 1.55. The highest BCUT2D eigenvalue weighted by molar-refractivity contribution is 5.89. The lowest BCUT2D eigenvalue weighted by molar-refractivity contribution is -0.524. The molecule has 0 spiro atoms. The molecule has 0 bridgehead atoms. The number of aliphatic hydroxyl groups is 1. The monoisotopic (exact) mass is 346 g/mol. The highest BCUT2D eigenvalue weighted by Gasteiger charge is 2.47. The average Bonchev–Trinajstić information content (AvgIpc) is 2.75. The van der Waals surface area contributed by atoms with Crippen molar-refractivity contribution in [2.75, 3.05) is 11.9 Å². The third-order valence-electron chi connectivity index (χ3n) is 5.54. The molecule has 134 valence electrons. The van der Waals surface area contributed by atoms with E-state index in [0.29, 0.717) is 17.0 Å². The van der Waals surface area contributed by atoms with Crippen LogP contribution in [-0.2, 0) is 0 Å². The van der Waals surface area contributed by atoms with Gasteiger partial charge in [0, 0.05) is 18.9 Å². The minimum absolute atomic E-state index is 0.101. The zero-order chi connectivity index (χ0) is 19.3. The summed E-state index contributed by atoms with van der Waals surface area (Å²) in [7, 11) is 1.74. The number of hydrogen-bond acceptors (Lipinski definition) is 6. The maximum atomic E-state index is 12.8. The molecular formula is C17H22N4O4.